The topological polar surface area (TPSA) is 51.2 Å². The number of hydrogen-bond acceptors (Lipinski definition) is 4. The van der Waals surface area contributed by atoms with Gasteiger partial charge in [0.2, 0.25) is 5.91 Å². The molecular formula is C16H18N2O2S. The minimum atomic E-state index is -0.135. The largest absolute Gasteiger partial charge is 0.497 e. The predicted octanol–water partition coefficient (Wildman–Crippen LogP) is 3.35. The number of ether oxygens (including phenoxy) is 1. The number of carbonyl (C=O) groups is 1. The summed E-state index contributed by atoms with van der Waals surface area (Å²) >= 11 is 1.58. The quantitative estimate of drug-likeness (QED) is 0.862. The van der Waals surface area contributed by atoms with Gasteiger partial charge >= 0.3 is 0 Å². The molecular weight excluding hydrogens is 284 g/mol. The van der Waals surface area contributed by atoms with Crippen LogP contribution in [0.2, 0.25) is 0 Å². The minimum Gasteiger partial charge on any atom is -0.497 e. The molecule has 1 aromatic heterocycles. The van der Waals surface area contributed by atoms with Crippen molar-refractivity contribution in [3.8, 4) is 5.75 Å². The number of benzene rings is 1. The average molecular weight is 302 g/mol. The lowest BCUT2D eigenvalue weighted by atomic mass is 10.2. The number of rotatable bonds is 5. The Kier molecular flexibility index (Phi) is 5.11. The van der Waals surface area contributed by atoms with Crippen LogP contribution in [0, 0.1) is 6.92 Å². The molecule has 0 radical (unpaired) electrons. The van der Waals surface area contributed by atoms with E-state index in [1.807, 2.05) is 43.5 Å². The summed E-state index contributed by atoms with van der Waals surface area (Å²) in [5.74, 6) is 0.660. The first kappa shape index (κ1) is 15.3. The van der Waals surface area contributed by atoms with E-state index in [1.165, 1.54) is 6.08 Å². The van der Waals surface area contributed by atoms with Crippen LogP contribution in [0.25, 0.3) is 6.08 Å². The van der Waals surface area contributed by atoms with E-state index >= 15 is 0 Å². The first-order chi connectivity index (χ1) is 10.1. The van der Waals surface area contributed by atoms with Gasteiger partial charge < -0.3 is 10.1 Å². The fourth-order valence-corrected chi connectivity index (χ4v) is 2.51. The summed E-state index contributed by atoms with van der Waals surface area (Å²) in [5.41, 5.74) is 1.84. The van der Waals surface area contributed by atoms with Crippen molar-refractivity contribution < 1.29 is 9.53 Å². The van der Waals surface area contributed by atoms with E-state index in [2.05, 4.69) is 10.3 Å². The monoisotopic (exact) mass is 302 g/mol. The van der Waals surface area contributed by atoms with Gasteiger partial charge in [0.1, 0.15) is 5.75 Å². The van der Waals surface area contributed by atoms with Crippen molar-refractivity contribution in [1.29, 1.82) is 0 Å². The van der Waals surface area contributed by atoms with Crippen molar-refractivity contribution in [2.75, 3.05) is 7.11 Å². The summed E-state index contributed by atoms with van der Waals surface area (Å²) in [6.45, 7) is 3.87. The minimum absolute atomic E-state index is 0.0945. The summed E-state index contributed by atoms with van der Waals surface area (Å²) in [5, 5.41) is 5.86. The van der Waals surface area contributed by atoms with Crippen molar-refractivity contribution in [2.24, 2.45) is 0 Å². The Labute approximate surface area is 128 Å². The van der Waals surface area contributed by atoms with Crippen molar-refractivity contribution in [3.63, 3.8) is 0 Å². The number of nitrogens with one attached hydrogen (secondary N) is 1. The highest BCUT2D eigenvalue weighted by molar-refractivity contribution is 7.09. The molecule has 0 saturated heterocycles. The van der Waals surface area contributed by atoms with Crippen LogP contribution in [0.4, 0.5) is 0 Å². The maximum Gasteiger partial charge on any atom is 0.244 e. The second-order valence-electron chi connectivity index (χ2n) is 4.63. The summed E-state index contributed by atoms with van der Waals surface area (Å²) in [6.07, 6.45) is 3.30. The van der Waals surface area contributed by atoms with E-state index in [9.17, 15) is 4.79 Å². The molecule has 0 spiro atoms. The molecule has 0 aliphatic heterocycles. The highest BCUT2D eigenvalue weighted by Crippen LogP contribution is 2.16. The molecule has 21 heavy (non-hydrogen) atoms. The van der Waals surface area contributed by atoms with Crippen LogP contribution < -0.4 is 10.1 Å². The Morgan fingerprint density at radius 3 is 2.67 bits per heavy atom. The molecule has 0 aliphatic rings. The van der Waals surface area contributed by atoms with E-state index in [4.69, 9.17) is 4.74 Å². The Morgan fingerprint density at radius 1 is 1.38 bits per heavy atom. The molecule has 1 unspecified atom stereocenters. The summed E-state index contributed by atoms with van der Waals surface area (Å²) in [6, 6.07) is 7.42. The van der Waals surface area contributed by atoms with Crippen molar-refractivity contribution in [3.05, 3.63) is 52.0 Å². The van der Waals surface area contributed by atoms with E-state index in [0.29, 0.717) is 0 Å². The smallest absolute Gasteiger partial charge is 0.244 e. The van der Waals surface area contributed by atoms with Gasteiger partial charge in [-0.2, -0.15) is 0 Å². The first-order valence-electron chi connectivity index (χ1n) is 6.63. The molecule has 1 heterocycles. The van der Waals surface area contributed by atoms with Gasteiger partial charge in [0.15, 0.2) is 0 Å². The first-order valence-corrected chi connectivity index (χ1v) is 7.51. The number of amides is 1. The molecule has 1 amide bonds. The molecule has 110 valence electrons. The molecule has 5 heteroatoms. The van der Waals surface area contributed by atoms with Gasteiger partial charge in [0, 0.05) is 11.5 Å². The zero-order valence-electron chi connectivity index (χ0n) is 12.3. The Bertz CT molecular complexity index is 632. The molecule has 0 saturated carbocycles. The average Bonchev–Trinajstić information content (AvgIpc) is 2.92. The van der Waals surface area contributed by atoms with Crippen molar-refractivity contribution >= 4 is 23.3 Å². The van der Waals surface area contributed by atoms with Crippen LogP contribution >= 0.6 is 11.3 Å². The van der Waals surface area contributed by atoms with Crippen LogP contribution in [0.3, 0.4) is 0 Å². The molecule has 2 rings (SSSR count). The zero-order chi connectivity index (χ0) is 15.2. The van der Waals surface area contributed by atoms with E-state index in [0.717, 1.165) is 22.0 Å². The van der Waals surface area contributed by atoms with Crippen LogP contribution in [-0.4, -0.2) is 18.0 Å². The molecule has 0 bridgehead atoms. The summed E-state index contributed by atoms with van der Waals surface area (Å²) in [4.78, 5) is 16.2. The summed E-state index contributed by atoms with van der Waals surface area (Å²) in [7, 11) is 1.62. The Morgan fingerprint density at radius 2 is 2.10 bits per heavy atom. The second kappa shape index (κ2) is 7.04. The SMILES string of the molecule is COc1ccc(/C=C/C(=O)NC(C)c2csc(C)n2)cc1. The molecule has 0 aliphatic carbocycles. The molecule has 0 fully saturated rings. The standard InChI is InChI=1S/C16H18N2O2S/c1-11(15-10-21-12(2)18-15)17-16(19)9-6-13-4-7-14(20-3)8-5-13/h4-11H,1-3H3,(H,17,19)/b9-6+. The van der Waals surface area contributed by atoms with Crippen molar-refractivity contribution in [1.82, 2.24) is 10.3 Å². The fourth-order valence-electron chi connectivity index (χ4n) is 1.80. The van der Waals surface area contributed by atoms with Crippen LogP contribution in [0.1, 0.15) is 29.2 Å². The molecule has 4 nitrogen and oxygen atoms in total. The van der Waals surface area contributed by atoms with Gasteiger partial charge in [-0.05, 0) is 37.6 Å². The van der Waals surface area contributed by atoms with Gasteiger partial charge in [-0.15, -0.1) is 11.3 Å². The highest BCUT2D eigenvalue weighted by atomic mass is 32.1. The fraction of sp³-hybridized carbons (Fsp3) is 0.250. The summed E-state index contributed by atoms with van der Waals surface area (Å²) < 4.78 is 5.09. The lowest BCUT2D eigenvalue weighted by molar-refractivity contribution is -0.117. The van der Waals surface area contributed by atoms with Gasteiger partial charge in [-0.25, -0.2) is 4.98 Å². The number of aromatic nitrogens is 1. The zero-order valence-corrected chi connectivity index (χ0v) is 13.1. The molecule has 2 aromatic rings. The maximum absolute atomic E-state index is 11.9. The van der Waals surface area contributed by atoms with Gasteiger partial charge in [-0.1, -0.05) is 12.1 Å². The lowest BCUT2D eigenvalue weighted by Gasteiger charge is -2.09. The molecule has 1 N–H and O–H groups in total. The number of methoxy groups -OCH3 is 1. The molecule has 1 atom stereocenters. The van der Waals surface area contributed by atoms with Gasteiger partial charge in [-0.3, -0.25) is 4.79 Å². The lowest BCUT2D eigenvalue weighted by Crippen LogP contribution is -2.24. The number of carbonyl (C=O) groups excluding carboxylic acids is 1. The Hall–Kier alpha value is -2.14. The number of thiazole rings is 1. The van der Waals surface area contributed by atoms with Crippen LogP contribution in [-0.2, 0) is 4.79 Å². The van der Waals surface area contributed by atoms with E-state index in [-0.39, 0.29) is 11.9 Å². The number of aryl methyl sites for hydroxylation is 1. The number of nitrogens with zero attached hydrogens (tertiary/aromatic N) is 1. The number of hydrogen-bond donors (Lipinski definition) is 1. The third kappa shape index (κ3) is 4.43. The maximum atomic E-state index is 11.9. The van der Waals surface area contributed by atoms with E-state index in [1.54, 1.807) is 24.5 Å². The highest BCUT2D eigenvalue weighted by Gasteiger charge is 2.10. The predicted molar refractivity (Wildman–Crippen MR) is 85.4 cm³/mol. The third-order valence-corrected chi connectivity index (χ3v) is 3.77. The normalized spacial score (nSPS) is 12.3. The third-order valence-electron chi connectivity index (χ3n) is 2.98. The van der Waals surface area contributed by atoms with Crippen LogP contribution in [0.5, 0.6) is 5.75 Å². The second-order valence-corrected chi connectivity index (χ2v) is 5.69. The van der Waals surface area contributed by atoms with Crippen LogP contribution in [0.15, 0.2) is 35.7 Å². The Balaban J connectivity index is 1.92. The van der Waals surface area contributed by atoms with Gasteiger partial charge in [0.05, 0.1) is 23.9 Å². The van der Waals surface area contributed by atoms with Gasteiger partial charge in [0.25, 0.3) is 0 Å². The van der Waals surface area contributed by atoms with E-state index < -0.39 is 0 Å². The van der Waals surface area contributed by atoms with Crippen molar-refractivity contribution in [2.45, 2.75) is 19.9 Å². The molecule has 1 aromatic carbocycles.